The minimum atomic E-state index is -4.53. The second kappa shape index (κ2) is 9.37. The topological polar surface area (TPSA) is 78.9 Å². The van der Waals surface area contributed by atoms with Crippen molar-refractivity contribution in [2.75, 3.05) is 7.05 Å². The molecular formula is C27H27F3N2O4. The fraction of sp³-hybridized carbons (Fsp3) is 0.333. The van der Waals surface area contributed by atoms with Crippen molar-refractivity contribution in [2.24, 2.45) is 0 Å². The molecule has 6 nitrogen and oxygen atoms in total. The number of alkyl halides is 3. The van der Waals surface area contributed by atoms with Crippen LogP contribution in [0.25, 0.3) is 0 Å². The first-order valence-corrected chi connectivity index (χ1v) is 11.6. The molecule has 1 unspecified atom stereocenters. The van der Waals surface area contributed by atoms with Gasteiger partial charge < -0.3 is 20.1 Å². The number of carbonyl (C=O) groups excluding carboxylic acids is 1. The van der Waals surface area contributed by atoms with Gasteiger partial charge in [-0.1, -0.05) is 31.2 Å². The second-order valence-corrected chi connectivity index (χ2v) is 9.16. The average Bonchev–Trinajstić information content (AvgIpc) is 3.61. The van der Waals surface area contributed by atoms with E-state index in [0.29, 0.717) is 24.8 Å². The Hall–Kier alpha value is -3.75. The summed E-state index contributed by atoms with van der Waals surface area (Å²) >= 11 is 0. The summed E-state index contributed by atoms with van der Waals surface area (Å²) in [4.78, 5) is 26.5. The predicted octanol–water partition coefficient (Wildman–Crippen LogP) is 5.47. The SMILES string of the molecule is CCC1C=C(C)C(C(=O)NC2(c3ccc(C(=O)O)cc3)CC2)=C(Oc2cccc(C(F)(F)F)c2)N1C. The summed E-state index contributed by atoms with van der Waals surface area (Å²) in [5.41, 5.74) is 0.372. The van der Waals surface area contributed by atoms with Crippen LogP contribution in [0.1, 0.15) is 54.6 Å². The maximum atomic E-state index is 13.6. The number of rotatable bonds is 7. The summed E-state index contributed by atoms with van der Waals surface area (Å²) in [5.74, 6) is -1.29. The predicted molar refractivity (Wildman–Crippen MR) is 127 cm³/mol. The van der Waals surface area contributed by atoms with Gasteiger partial charge in [-0.25, -0.2) is 4.79 Å². The fourth-order valence-electron chi connectivity index (χ4n) is 4.44. The van der Waals surface area contributed by atoms with Gasteiger partial charge in [0.2, 0.25) is 5.88 Å². The van der Waals surface area contributed by atoms with Crippen LogP contribution in [0.3, 0.4) is 0 Å². The lowest BCUT2D eigenvalue weighted by Crippen LogP contribution is -2.42. The van der Waals surface area contributed by atoms with E-state index in [9.17, 15) is 22.8 Å². The van der Waals surface area contributed by atoms with Crippen molar-refractivity contribution in [2.45, 2.75) is 50.9 Å². The first-order valence-electron chi connectivity index (χ1n) is 11.6. The van der Waals surface area contributed by atoms with Crippen molar-refractivity contribution < 1.29 is 32.6 Å². The maximum absolute atomic E-state index is 13.6. The highest BCUT2D eigenvalue weighted by Crippen LogP contribution is 2.46. The molecule has 0 saturated heterocycles. The number of likely N-dealkylation sites (N-methyl/N-ethyl adjacent to an activating group) is 1. The summed E-state index contributed by atoms with van der Waals surface area (Å²) in [7, 11) is 1.74. The molecular weight excluding hydrogens is 473 g/mol. The zero-order valence-electron chi connectivity index (χ0n) is 20.1. The number of benzene rings is 2. The van der Waals surface area contributed by atoms with Gasteiger partial charge in [-0.2, -0.15) is 13.2 Å². The number of amides is 1. The molecule has 2 aromatic carbocycles. The third-order valence-electron chi connectivity index (χ3n) is 6.68. The number of carbonyl (C=O) groups is 2. The lowest BCUT2D eigenvalue weighted by Gasteiger charge is -2.35. The number of hydrogen-bond acceptors (Lipinski definition) is 4. The summed E-state index contributed by atoms with van der Waals surface area (Å²) in [5, 5.41) is 12.2. The second-order valence-electron chi connectivity index (χ2n) is 9.16. The average molecular weight is 501 g/mol. The zero-order chi connectivity index (χ0) is 26.3. The molecule has 4 rings (SSSR count). The first kappa shape index (κ1) is 25.3. The van der Waals surface area contributed by atoms with Crippen molar-refractivity contribution in [1.29, 1.82) is 0 Å². The molecule has 1 fully saturated rings. The van der Waals surface area contributed by atoms with Gasteiger partial charge in [0.1, 0.15) is 11.3 Å². The molecule has 2 aromatic rings. The first-order chi connectivity index (χ1) is 16.9. The molecule has 1 aliphatic heterocycles. The van der Waals surface area contributed by atoms with E-state index in [1.54, 1.807) is 31.0 Å². The molecule has 0 spiro atoms. The lowest BCUT2D eigenvalue weighted by molar-refractivity contribution is -0.137. The number of ether oxygens (including phenoxy) is 1. The van der Waals surface area contributed by atoms with Crippen LogP contribution in [-0.2, 0) is 16.5 Å². The van der Waals surface area contributed by atoms with E-state index in [0.717, 1.165) is 17.7 Å². The van der Waals surface area contributed by atoms with Crippen molar-refractivity contribution >= 4 is 11.9 Å². The van der Waals surface area contributed by atoms with Crippen LogP contribution in [0, 0.1) is 0 Å². The van der Waals surface area contributed by atoms with Crippen LogP contribution in [0.2, 0.25) is 0 Å². The molecule has 0 radical (unpaired) electrons. The van der Waals surface area contributed by atoms with Crippen LogP contribution in [0.5, 0.6) is 5.75 Å². The number of hydrogen-bond donors (Lipinski definition) is 2. The minimum Gasteiger partial charge on any atom is -0.478 e. The van der Waals surface area contributed by atoms with E-state index in [2.05, 4.69) is 5.32 Å². The highest BCUT2D eigenvalue weighted by molar-refractivity contribution is 5.99. The third-order valence-corrected chi connectivity index (χ3v) is 6.68. The molecule has 1 aliphatic carbocycles. The molecule has 1 amide bonds. The van der Waals surface area contributed by atoms with E-state index >= 15 is 0 Å². The van der Waals surface area contributed by atoms with Crippen LogP contribution in [-0.4, -0.2) is 35.0 Å². The lowest BCUT2D eigenvalue weighted by atomic mass is 9.96. The van der Waals surface area contributed by atoms with E-state index in [-0.39, 0.29) is 28.8 Å². The Balaban J connectivity index is 1.68. The number of carboxylic acids is 1. The van der Waals surface area contributed by atoms with Crippen LogP contribution >= 0.6 is 0 Å². The van der Waals surface area contributed by atoms with E-state index in [1.165, 1.54) is 24.3 Å². The largest absolute Gasteiger partial charge is 0.478 e. The quantitative estimate of drug-likeness (QED) is 0.527. The van der Waals surface area contributed by atoms with Gasteiger partial charge >= 0.3 is 12.1 Å². The number of aromatic carboxylic acids is 1. The van der Waals surface area contributed by atoms with Gasteiger partial charge in [-0.15, -0.1) is 0 Å². The van der Waals surface area contributed by atoms with Crippen molar-refractivity contribution in [3.05, 3.63) is 88.3 Å². The fourth-order valence-corrected chi connectivity index (χ4v) is 4.44. The van der Waals surface area contributed by atoms with Gasteiger partial charge in [0.25, 0.3) is 5.91 Å². The van der Waals surface area contributed by atoms with E-state index in [4.69, 9.17) is 9.84 Å². The van der Waals surface area contributed by atoms with Gasteiger partial charge in [-0.3, -0.25) is 4.79 Å². The monoisotopic (exact) mass is 500 g/mol. The Morgan fingerprint density at radius 3 is 2.39 bits per heavy atom. The standard InChI is InChI=1S/C27H27F3N2O4/c1-4-20-14-16(2)22(24(32(20)3)36-21-7-5-6-19(15-21)27(28,29)30)23(33)31-26(12-13-26)18-10-8-17(9-11-18)25(34)35/h5-11,14-15,20H,4,12-13H2,1-3H3,(H,31,33)(H,34,35). The van der Waals surface area contributed by atoms with Crippen molar-refractivity contribution in [3.8, 4) is 5.75 Å². The highest BCUT2D eigenvalue weighted by atomic mass is 19.4. The molecule has 2 N–H and O–H groups in total. The van der Waals surface area contributed by atoms with Crippen LogP contribution in [0.4, 0.5) is 13.2 Å². The van der Waals surface area contributed by atoms with Crippen LogP contribution in [0.15, 0.2) is 71.6 Å². The van der Waals surface area contributed by atoms with Crippen LogP contribution < -0.4 is 10.1 Å². The Labute approximate surface area is 207 Å². The van der Waals surface area contributed by atoms with Crippen molar-refractivity contribution in [3.63, 3.8) is 0 Å². The molecule has 1 saturated carbocycles. The molecule has 0 bridgehead atoms. The van der Waals surface area contributed by atoms with Gasteiger partial charge in [0.05, 0.1) is 22.7 Å². The van der Waals surface area contributed by atoms with Gasteiger partial charge in [0.15, 0.2) is 0 Å². The Morgan fingerprint density at radius 2 is 1.83 bits per heavy atom. The van der Waals surface area contributed by atoms with E-state index < -0.39 is 29.2 Å². The molecule has 9 heteroatoms. The van der Waals surface area contributed by atoms with Gasteiger partial charge in [-0.05, 0) is 67.7 Å². The Kier molecular flexibility index (Phi) is 6.60. The van der Waals surface area contributed by atoms with Crippen molar-refractivity contribution in [1.82, 2.24) is 10.2 Å². The molecule has 2 aliphatic rings. The number of carboxylic acid groups (broad SMARTS) is 1. The van der Waals surface area contributed by atoms with E-state index in [1.807, 2.05) is 13.0 Å². The normalized spacial score (nSPS) is 19.0. The molecule has 0 aromatic heterocycles. The third kappa shape index (κ3) is 4.96. The smallest absolute Gasteiger partial charge is 0.416 e. The highest BCUT2D eigenvalue weighted by Gasteiger charge is 2.47. The maximum Gasteiger partial charge on any atom is 0.416 e. The number of nitrogens with zero attached hydrogens (tertiary/aromatic N) is 1. The summed E-state index contributed by atoms with van der Waals surface area (Å²) in [6.07, 6.45) is -0.521. The summed E-state index contributed by atoms with van der Waals surface area (Å²) in [6, 6.07) is 10.8. The molecule has 190 valence electrons. The Bertz CT molecular complexity index is 1240. The molecule has 1 atom stereocenters. The van der Waals surface area contributed by atoms with Gasteiger partial charge in [0, 0.05) is 7.05 Å². The minimum absolute atomic E-state index is 0.0214. The summed E-state index contributed by atoms with van der Waals surface area (Å²) < 4.78 is 45.7. The zero-order valence-corrected chi connectivity index (χ0v) is 20.1. The molecule has 36 heavy (non-hydrogen) atoms. The molecule has 1 heterocycles. The number of halogens is 3. The Morgan fingerprint density at radius 1 is 1.17 bits per heavy atom. The number of nitrogens with one attached hydrogen (secondary N) is 1. The summed E-state index contributed by atoms with van der Waals surface area (Å²) in [6.45, 7) is 3.75.